The minimum atomic E-state index is 0.0194. The largest absolute Gasteiger partial charge is 0.493 e. The molecule has 0 saturated carbocycles. The molecule has 0 aliphatic carbocycles. The maximum absolute atomic E-state index is 12.8. The number of amides is 1. The van der Waals surface area contributed by atoms with Gasteiger partial charge in [-0.1, -0.05) is 57.2 Å². The van der Waals surface area contributed by atoms with Gasteiger partial charge in [0.25, 0.3) is 5.91 Å². The Morgan fingerprint density at radius 1 is 0.828 bits per heavy atom. The van der Waals surface area contributed by atoms with Crippen LogP contribution in [0.15, 0.2) is 42.5 Å². The van der Waals surface area contributed by atoms with Crippen LogP contribution in [-0.2, 0) is 13.0 Å². The molecule has 0 bridgehead atoms. The number of hydrogen-bond donors (Lipinski definition) is 0. The minimum absolute atomic E-state index is 0.0194. The van der Waals surface area contributed by atoms with Crippen LogP contribution in [0.4, 0.5) is 0 Å². The molecule has 2 aromatic carbocycles. The van der Waals surface area contributed by atoms with E-state index in [1.165, 1.54) is 44.1 Å². The predicted octanol–water partition coefficient (Wildman–Crippen LogP) is 5.88. The maximum atomic E-state index is 12.8. The van der Waals surface area contributed by atoms with Gasteiger partial charge in [0.05, 0.1) is 14.2 Å². The van der Waals surface area contributed by atoms with Gasteiger partial charge in [0.2, 0.25) is 0 Å². The lowest BCUT2D eigenvalue weighted by Gasteiger charge is -2.18. The average molecular weight is 398 g/mol. The van der Waals surface area contributed by atoms with E-state index < -0.39 is 0 Å². The Labute approximate surface area is 175 Å². The molecular weight excluding hydrogens is 362 g/mol. The van der Waals surface area contributed by atoms with Crippen LogP contribution >= 0.6 is 0 Å². The predicted molar refractivity (Wildman–Crippen MR) is 119 cm³/mol. The fraction of sp³-hybridized carbons (Fsp3) is 0.480. The molecule has 4 nitrogen and oxygen atoms in total. The van der Waals surface area contributed by atoms with Crippen molar-refractivity contribution in [3.05, 3.63) is 59.2 Å². The molecule has 0 aliphatic heterocycles. The summed E-state index contributed by atoms with van der Waals surface area (Å²) in [7, 11) is 5.05. The topological polar surface area (TPSA) is 38.8 Å². The van der Waals surface area contributed by atoms with Crippen LogP contribution in [0, 0.1) is 0 Å². The average Bonchev–Trinajstić information content (AvgIpc) is 2.75. The second-order valence-electron chi connectivity index (χ2n) is 7.57. The van der Waals surface area contributed by atoms with E-state index in [1.54, 1.807) is 19.1 Å². The summed E-state index contributed by atoms with van der Waals surface area (Å²) in [5.41, 5.74) is 3.03. The SMILES string of the molecule is CCCCCCCCc1ccc(C(=O)N(C)Cc2ccc(OC)c(OC)c2)cc1. The fourth-order valence-electron chi connectivity index (χ4n) is 3.47. The van der Waals surface area contributed by atoms with Crippen molar-refractivity contribution in [3.8, 4) is 11.5 Å². The van der Waals surface area contributed by atoms with E-state index in [4.69, 9.17) is 9.47 Å². The first-order chi connectivity index (χ1) is 14.1. The first-order valence-corrected chi connectivity index (χ1v) is 10.6. The molecule has 0 aromatic heterocycles. The molecule has 0 fully saturated rings. The van der Waals surface area contributed by atoms with Gasteiger partial charge < -0.3 is 14.4 Å². The zero-order chi connectivity index (χ0) is 21.1. The van der Waals surface area contributed by atoms with Crippen molar-refractivity contribution in [2.75, 3.05) is 21.3 Å². The maximum Gasteiger partial charge on any atom is 0.253 e. The van der Waals surface area contributed by atoms with Crippen LogP contribution in [0.1, 0.15) is 66.9 Å². The molecule has 0 atom stereocenters. The van der Waals surface area contributed by atoms with Gasteiger partial charge in [-0.25, -0.2) is 0 Å². The zero-order valence-corrected chi connectivity index (χ0v) is 18.4. The highest BCUT2D eigenvalue weighted by Crippen LogP contribution is 2.28. The number of rotatable bonds is 12. The summed E-state index contributed by atoms with van der Waals surface area (Å²) in [4.78, 5) is 14.5. The standard InChI is InChI=1S/C25H35NO3/c1-5-6-7-8-9-10-11-20-12-15-22(16-13-20)25(27)26(2)19-21-14-17-23(28-3)24(18-21)29-4/h12-18H,5-11,19H2,1-4H3. The summed E-state index contributed by atoms with van der Waals surface area (Å²) in [6, 6.07) is 13.8. The van der Waals surface area contributed by atoms with Crippen LogP contribution in [0.5, 0.6) is 11.5 Å². The quantitative estimate of drug-likeness (QED) is 0.420. The van der Waals surface area contributed by atoms with Crippen LogP contribution in [0.25, 0.3) is 0 Å². The van der Waals surface area contributed by atoms with Crippen molar-refractivity contribution in [1.29, 1.82) is 0 Å². The number of hydrogen-bond acceptors (Lipinski definition) is 3. The van der Waals surface area contributed by atoms with Gasteiger partial charge in [-0.15, -0.1) is 0 Å². The van der Waals surface area contributed by atoms with Crippen molar-refractivity contribution in [1.82, 2.24) is 4.90 Å². The Bertz CT molecular complexity index is 755. The van der Waals surface area contributed by atoms with Gasteiger partial charge in [0.15, 0.2) is 11.5 Å². The number of nitrogens with zero attached hydrogens (tertiary/aromatic N) is 1. The first kappa shape index (κ1) is 22.8. The number of ether oxygens (including phenoxy) is 2. The van der Waals surface area contributed by atoms with E-state index in [9.17, 15) is 4.79 Å². The van der Waals surface area contributed by atoms with Gasteiger partial charge in [-0.05, 0) is 48.2 Å². The Morgan fingerprint density at radius 3 is 2.10 bits per heavy atom. The summed E-state index contributed by atoms with van der Waals surface area (Å²) in [5, 5.41) is 0. The second kappa shape index (κ2) is 12.2. The number of carbonyl (C=O) groups excluding carboxylic acids is 1. The molecule has 0 spiro atoms. The molecule has 1 amide bonds. The van der Waals surface area contributed by atoms with E-state index >= 15 is 0 Å². The highest BCUT2D eigenvalue weighted by molar-refractivity contribution is 5.94. The molecule has 158 valence electrons. The molecule has 0 N–H and O–H groups in total. The third-order valence-corrected chi connectivity index (χ3v) is 5.23. The molecular formula is C25H35NO3. The Hall–Kier alpha value is -2.49. The lowest BCUT2D eigenvalue weighted by molar-refractivity contribution is 0.0785. The van der Waals surface area contributed by atoms with E-state index in [2.05, 4.69) is 19.1 Å². The fourth-order valence-corrected chi connectivity index (χ4v) is 3.47. The summed E-state index contributed by atoms with van der Waals surface area (Å²) >= 11 is 0. The summed E-state index contributed by atoms with van der Waals surface area (Å²) in [6.45, 7) is 2.76. The van der Waals surface area contributed by atoms with Crippen LogP contribution < -0.4 is 9.47 Å². The Kier molecular flexibility index (Phi) is 9.55. The summed E-state index contributed by atoms with van der Waals surface area (Å²) in [6.07, 6.45) is 8.89. The third kappa shape index (κ3) is 7.12. The van der Waals surface area contributed by atoms with Gasteiger partial charge >= 0.3 is 0 Å². The lowest BCUT2D eigenvalue weighted by Crippen LogP contribution is -2.26. The first-order valence-electron chi connectivity index (χ1n) is 10.6. The van der Waals surface area contributed by atoms with Gasteiger partial charge in [-0.2, -0.15) is 0 Å². The molecule has 4 heteroatoms. The van der Waals surface area contributed by atoms with E-state index in [-0.39, 0.29) is 5.91 Å². The third-order valence-electron chi connectivity index (χ3n) is 5.23. The van der Waals surface area contributed by atoms with E-state index in [0.29, 0.717) is 18.0 Å². The van der Waals surface area contributed by atoms with Crippen molar-refractivity contribution in [2.45, 2.75) is 58.4 Å². The van der Waals surface area contributed by atoms with E-state index in [1.807, 2.05) is 37.4 Å². The second-order valence-corrected chi connectivity index (χ2v) is 7.57. The number of carbonyl (C=O) groups is 1. The van der Waals surface area contributed by atoms with Crippen LogP contribution in [-0.4, -0.2) is 32.1 Å². The molecule has 29 heavy (non-hydrogen) atoms. The van der Waals surface area contributed by atoms with Crippen molar-refractivity contribution in [2.24, 2.45) is 0 Å². The smallest absolute Gasteiger partial charge is 0.253 e. The minimum Gasteiger partial charge on any atom is -0.493 e. The summed E-state index contributed by atoms with van der Waals surface area (Å²) in [5.74, 6) is 1.38. The summed E-state index contributed by atoms with van der Waals surface area (Å²) < 4.78 is 10.6. The molecule has 0 aliphatic rings. The number of methoxy groups -OCH3 is 2. The zero-order valence-electron chi connectivity index (χ0n) is 18.4. The normalized spacial score (nSPS) is 10.6. The number of aryl methyl sites for hydroxylation is 1. The molecule has 0 radical (unpaired) electrons. The van der Waals surface area contributed by atoms with Crippen molar-refractivity contribution >= 4 is 5.91 Å². The number of benzene rings is 2. The van der Waals surface area contributed by atoms with Crippen molar-refractivity contribution in [3.63, 3.8) is 0 Å². The molecule has 0 heterocycles. The van der Waals surface area contributed by atoms with Gasteiger partial charge in [0.1, 0.15) is 0 Å². The molecule has 2 aromatic rings. The van der Waals surface area contributed by atoms with Gasteiger partial charge in [-0.3, -0.25) is 4.79 Å². The van der Waals surface area contributed by atoms with E-state index in [0.717, 1.165) is 17.5 Å². The lowest BCUT2D eigenvalue weighted by atomic mass is 10.0. The number of unbranched alkanes of at least 4 members (excludes halogenated alkanes) is 5. The highest BCUT2D eigenvalue weighted by atomic mass is 16.5. The Balaban J connectivity index is 1.87. The molecule has 0 unspecified atom stereocenters. The molecule has 2 rings (SSSR count). The molecule has 0 saturated heterocycles. The highest BCUT2D eigenvalue weighted by Gasteiger charge is 2.13. The van der Waals surface area contributed by atoms with Crippen molar-refractivity contribution < 1.29 is 14.3 Å². The Morgan fingerprint density at radius 2 is 1.45 bits per heavy atom. The van der Waals surface area contributed by atoms with Gasteiger partial charge in [0, 0.05) is 19.2 Å². The monoisotopic (exact) mass is 397 g/mol. The van der Waals surface area contributed by atoms with Crippen LogP contribution in [0.2, 0.25) is 0 Å². The van der Waals surface area contributed by atoms with Crippen LogP contribution in [0.3, 0.4) is 0 Å².